The van der Waals surface area contributed by atoms with E-state index in [0.29, 0.717) is 40.5 Å². The first-order chi connectivity index (χ1) is 14.5. The van der Waals surface area contributed by atoms with Gasteiger partial charge in [0, 0.05) is 23.6 Å². The summed E-state index contributed by atoms with van der Waals surface area (Å²) in [6.07, 6.45) is 1.92. The number of aliphatic carboxylic acids is 1. The zero-order valence-corrected chi connectivity index (χ0v) is 16.8. The first kappa shape index (κ1) is 21.0. The molecule has 0 atom stereocenters. The number of furan rings is 1. The Labute approximate surface area is 173 Å². The average Bonchev–Trinajstić information content (AvgIpc) is 3.17. The third kappa shape index (κ3) is 5.41. The van der Waals surface area contributed by atoms with Gasteiger partial charge in [0.05, 0.1) is 13.7 Å². The third-order valence-electron chi connectivity index (χ3n) is 4.39. The fourth-order valence-electron chi connectivity index (χ4n) is 2.87. The van der Waals surface area contributed by atoms with Crippen molar-refractivity contribution in [1.29, 1.82) is 0 Å². The summed E-state index contributed by atoms with van der Waals surface area (Å²) in [7, 11) is 1.58. The number of carbonyl (C=O) groups is 2. The van der Waals surface area contributed by atoms with Crippen LogP contribution >= 0.6 is 0 Å². The van der Waals surface area contributed by atoms with Gasteiger partial charge in [-0.15, -0.1) is 0 Å². The average molecular weight is 409 g/mol. The minimum atomic E-state index is -0.856. The van der Waals surface area contributed by atoms with Crippen molar-refractivity contribution < 1.29 is 28.6 Å². The minimum absolute atomic E-state index is 0.0462. The van der Waals surface area contributed by atoms with Gasteiger partial charge in [0.15, 0.2) is 11.3 Å². The maximum atomic E-state index is 12.3. The summed E-state index contributed by atoms with van der Waals surface area (Å²) < 4.78 is 16.7. The van der Waals surface area contributed by atoms with Gasteiger partial charge in [-0.3, -0.25) is 9.59 Å². The van der Waals surface area contributed by atoms with Crippen molar-refractivity contribution in [3.8, 4) is 11.5 Å². The van der Waals surface area contributed by atoms with Gasteiger partial charge in [0.1, 0.15) is 11.5 Å². The maximum absolute atomic E-state index is 12.3. The molecule has 0 fully saturated rings. The van der Waals surface area contributed by atoms with E-state index >= 15 is 0 Å². The second kappa shape index (κ2) is 9.65. The van der Waals surface area contributed by atoms with Crippen LogP contribution in [0.15, 0.2) is 59.0 Å². The summed E-state index contributed by atoms with van der Waals surface area (Å²) in [5, 5.41) is 12.4. The Morgan fingerprint density at radius 2 is 1.93 bits per heavy atom. The number of carboxylic acid groups (broad SMARTS) is 1. The number of allylic oxidation sites excluding steroid dienone is 1. The van der Waals surface area contributed by atoms with Gasteiger partial charge >= 0.3 is 5.97 Å². The van der Waals surface area contributed by atoms with Gasteiger partial charge in [-0.2, -0.15) is 0 Å². The Balaban J connectivity index is 1.70. The van der Waals surface area contributed by atoms with E-state index in [-0.39, 0.29) is 18.9 Å². The summed E-state index contributed by atoms with van der Waals surface area (Å²) in [5.41, 5.74) is 1.88. The standard InChI is InChI=1S/C23H23NO6/c1-15(13-21(25)24-17-8-10-18(28-2)11-9-17)20-14-16-5-3-6-19(23(16)30-20)29-12-4-7-22(26)27/h3,5-6,8-11,13-14H,4,7,12H2,1-2H3,(H,24,25)(H,26,27)/b15-13-. The van der Waals surface area contributed by atoms with Crippen molar-refractivity contribution in [2.24, 2.45) is 0 Å². The summed E-state index contributed by atoms with van der Waals surface area (Å²) in [4.78, 5) is 22.9. The fraction of sp³-hybridized carbons (Fsp3) is 0.217. The molecule has 30 heavy (non-hydrogen) atoms. The highest BCUT2D eigenvalue weighted by Crippen LogP contribution is 2.31. The van der Waals surface area contributed by atoms with Gasteiger partial charge in [-0.25, -0.2) is 0 Å². The van der Waals surface area contributed by atoms with Crippen molar-refractivity contribution in [2.75, 3.05) is 19.0 Å². The van der Waals surface area contributed by atoms with E-state index in [0.717, 1.165) is 5.39 Å². The quantitative estimate of drug-likeness (QED) is 0.392. The molecule has 0 saturated carbocycles. The molecule has 0 saturated heterocycles. The predicted molar refractivity (Wildman–Crippen MR) is 114 cm³/mol. The fourth-order valence-corrected chi connectivity index (χ4v) is 2.87. The Hall–Kier alpha value is -3.74. The summed E-state index contributed by atoms with van der Waals surface area (Å²) in [6.45, 7) is 2.07. The lowest BCUT2D eigenvalue weighted by atomic mass is 10.2. The summed E-state index contributed by atoms with van der Waals surface area (Å²) >= 11 is 0. The number of anilines is 1. The SMILES string of the molecule is COc1ccc(NC(=O)/C=C(/C)c2cc3cccc(OCCCC(=O)O)c3o2)cc1. The monoisotopic (exact) mass is 409 g/mol. The van der Waals surface area contributed by atoms with Crippen LogP contribution in [0.25, 0.3) is 16.5 Å². The molecule has 0 spiro atoms. The molecule has 0 aliphatic rings. The van der Waals surface area contributed by atoms with Crippen LogP contribution in [0.1, 0.15) is 25.5 Å². The van der Waals surface area contributed by atoms with Gasteiger partial charge in [0.2, 0.25) is 5.91 Å². The number of nitrogens with one attached hydrogen (secondary N) is 1. The number of hydrogen-bond acceptors (Lipinski definition) is 5. The first-order valence-corrected chi connectivity index (χ1v) is 9.47. The Bertz CT molecular complexity index is 1060. The molecule has 0 aliphatic heterocycles. The van der Waals surface area contributed by atoms with Crippen LogP contribution in [0.2, 0.25) is 0 Å². The highest BCUT2D eigenvalue weighted by Gasteiger charge is 2.12. The van der Waals surface area contributed by atoms with Gasteiger partial charge in [0.25, 0.3) is 0 Å². The summed E-state index contributed by atoms with van der Waals surface area (Å²) in [5.74, 6) is 0.674. The molecule has 0 unspecified atom stereocenters. The molecule has 7 nitrogen and oxygen atoms in total. The zero-order valence-electron chi connectivity index (χ0n) is 16.8. The number of para-hydroxylation sites is 1. The highest BCUT2D eigenvalue weighted by molar-refractivity contribution is 6.04. The van der Waals surface area contributed by atoms with E-state index in [1.165, 1.54) is 6.08 Å². The third-order valence-corrected chi connectivity index (χ3v) is 4.39. The van der Waals surface area contributed by atoms with E-state index in [9.17, 15) is 9.59 Å². The minimum Gasteiger partial charge on any atom is -0.497 e. The molecule has 3 aromatic rings. The Morgan fingerprint density at radius 1 is 1.17 bits per heavy atom. The van der Waals surface area contributed by atoms with Crippen LogP contribution in [-0.2, 0) is 9.59 Å². The van der Waals surface area contributed by atoms with Crippen molar-refractivity contribution >= 4 is 34.1 Å². The normalized spacial score (nSPS) is 11.3. The number of ether oxygens (including phenoxy) is 2. The second-order valence-corrected chi connectivity index (χ2v) is 6.68. The number of benzene rings is 2. The van der Waals surface area contributed by atoms with Crippen LogP contribution in [0, 0.1) is 0 Å². The molecule has 1 aromatic heterocycles. The van der Waals surface area contributed by atoms with Crippen molar-refractivity contribution in [1.82, 2.24) is 0 Å². The molecule has 156 valence electrons. The topological polar surface area (TPSA) is 98.0 Å². The molecular weight excluding hydrogens is 386 g/mol. The Morgan fingerprint density at radius 3 is 2.63 bits per heavy atom. The lowest BCUT2D eigenvalue weighted by Crippen LogP contribution is -2.08. The second-order valence-electron chi connectivity index (χ2n) is 6.68. The molecule has 7 heteroatoms. The van der Waals surface area contributed by atoms with E-state index in [4.69, 9.17) is 19.0 Å². The highest BCUT2D eigenvalue weighted by atomic mass is 16.5. The van der Waals surface area contributed by atoms with Crippen LogP contribution in [-0.4, -0.2) is 30.7 Å². The van der Waals surface area contributed by atoms with Gasteiger partial charge in [-0.1, -0.05) is 12.1 Å². The molecule has 1 heterocycles. The van der Waals surface area contributed by atoms with Crippen molar-refractivity contribution in [3.05, 3.63) is 60.4 Å². The lowest BCUT2D eigenvalue weighted by Gasteiger charge is -2.05. The lowest BCUT2D eigenvalue weighted by molar-refractivity contribution is -0.137. The molecule has 0 radical (unpaired) electrons. The van der Waals surface area contributed by atoms with E-state index < -0.39 is 5.97 Å². The van der Waals surface area contributed by atoms with E-state index in [2.05, 4.69) is 5.32 Å². The number of carboxylic acids is 1. The molecule has 2 N–H and O–H groups in total. The number of amides is 1. The molecule has 1 amide bonds. The van der Waals surface area contributed by atoms with E-state index in [1.54, 1.807) is 44.4 Å². The smallest absolute Gasteiger partial charge is 0.303 e. The predicted octanol–water partition coefficient (Wildman–Crippen LogP) is 4.73. The van der Waals surface area contributed by atoms with Crippen LogP contribution in [0.4, 0.5) is 5.69 Å². The molecule has 0 bridgehead atoms. The summed E-state index contributed by atoms with van der Waals surface area (Å²) in [6, 6.07) is 14.4. The van der Waals surface area contributed by atoms with Gasteiger partial charge in [-0.05, 0) is 55.3 Å². The van der Waals surface area contributed by atoms with Crippen molar-refractivity contribution in [3.63, 3.8) is 0 Å². The molecule has 0 aliphatic carbocycles. The number of rotatable bonds is 9. The van der Waals surface area contributed by atoms with Crippen LogP contribution in [0.5, 0.6) is 11.5 Å². The number of fused-ring (bicyclic) bond motifs is 1. The molecule has 3 rings (SSSR count). The largest absolute Gasteiger partial charge is 0.497 e. The van der Waals surface area contributed by atoms with E-state index in [1.807, 2.05) is 18.2 Å². The Kier molecular flexibility index (Phi) is 6.75. The maximum Gasteiger partial charge on any atom is 0.303 e. The zero-order chi connectivity index (χ0) is 21.5. The first-order valence-electron chi connectivity index (χ1n) is 9.47. The van der Waals surface area contributed by atoms with Crippen LogP contribution < -0.4 is 14.8 Å². The number of methoxy groups -OCH3 is 1. The van der Waals surface area contributed by atoms with Gasteiger partial charge < -0.3 is 24.3 Å². The molecule has 2 aromatic carbocycles. The number of carbonyl (C=O) groups excluding carboxylic acids is 1. The van der Waals surface area contributed by atoms with Crippen LogP contribution in [0.3, 0.4) is 0 Å². The number of hydrogen-bond donors (Lipinski definition) is 2. The van der Waals surface area contributed by atoms with Crippen molar-refractivity contribution in [2.45, 2.75) is 19.8 Å². The molecular formula is C23H23NO6.